The highest BCUT2D eigenvalue weighted by atomic mass is 79.9. The van der Waals surface area contributed by atoms with E-state index in [1.54, 1.807) is 13.1 Å². The maximum atomic E-state index is 11.1. The van der Waals surface area contributed by atoms with Crippen LogP contribution in [0.5, 0.6) is 0 Å². The minimum Gasteiger partial charge on any atom is -0.465 e. The SMILES string of the molecule is CCOC(=O)CNc1ncc(Br)cc1C. The Labute approximate surface area is 97.2 Å². The molecule has 0 saturated heterocycles. The van der Waals surface area contributed by atoms with Gasteiger partial charge in [-0.25, -0.2) is 4.98 Å². The molecular formula is C10H13BrN2O2. The van der Waals surface area contributed by atoms with Crippen LogP contribution >= 0.6 is 15.9 Å². The Balaban J connectivity index is 2.54. The summed E-state index contributed by atoms with van der Waals surface area (Å²) in [6.45, 7) is 4.24. The van der Waals surface area contributed by atoms with Gasteiger partial charge in [-0.05, 0) is 41.4 Å². The van der Waals surface area contributed by atoms with Crippen molar-refractivity contribution in [2.45, 2.75) is 13.8 Å². The van der Waals surface area contributed by atoms with E-state index in [2.05, 4.69) is 26.2 Å². The molecule has 0 aliphatic rings. The van der Waals surface area contributed by atoms with Crippen LogP contribution in [0.2, 0.25) is 0 Å². The van der Waals surface area contributed by atoms with Crippen molar-refractivity contribution in [2.75, 3.05) is 18.5 Å². The van der Waals surface area contributed by atoms with Gasteiger partial charge in [-0.3, -0.25) is 4.79 Å². The van der Waals surface area contributed by atoms with Gasteiger partial charge < -0.3 is 10.1 Å². The van der Waals surface area contributed by atoms with Crippen LogP contribution in [-0.4, -0.2) is 24.1 Å². The van der Waals surface area contributed by atoms with Crippen molar-refractivity contribution in [1.29, 1.82) is 0 Å². The van der Waals surface area contributed by atoms with Gasteiger partial charge in [0, 0.05) is 10.7 Å². The number of hydrogen-bond acceptors (Lipinski definition) is 4. The van der Waals surface area contributed by atoms with Gasteiger partial charge >= 0.3 is 5.97 Å². The van der Waals surface area contributed by atoms with Crippen LogP contribution in [0.3, 0.4) is 0 Å². The summed E-state index contributed by atoms with van der Waals surface area (Å²) in [5.74, 6) is 0.424. The van der Waals surface area contributed by atoms with E-state index in [0.717, 1.165) is 10.0 Å². The smallest absolute Gasteiger partial charge is 0.325 e. The Morgan fingerprint density at radius 3 is 3.00 bits per heavy atom. The fourth-order valence-corrected chi connectivity index (χ4v) is 1.54. The summed E-state index contributed by atoms with van der Waals surface area (Å²) in [4.78, 5) is 15.2. The highest BCUT2D eigenvalue weighted by Gasteiger charge is 2.04. The summed E-state index contributed by atoms with van der Waals surface area (Å²) >= 11 is 3.32. The van der Waals surface area contributed by atoms with Crippen LogP contribution in [0, 0.1) is 6.92 Å². The number of aromatic nitrogens is 1. The molecule has 0 fully saturated rings. The lowest BCUT2D eigenvalue weighted by Crippen LogP contribution is -2.17. The number of carbonyl (C=O) groups is 1. The summed E-state index contributed by atoms with van der Waals surface area (Å²) < 4.78 is 5.71. The third kappa shape index (κ3) is 3.87. The molecule has 0 aliphatic carbocycles. The van der Waals surface area contributed by atoms with Crippen molar-refractivity contribution in [2.24, 2.45) is 0 Å². The number of esters is 1. The van der Waals surface area contributed by atoms with Crippen molar-refractivity contribution in [1.82, 2.24) is 4.98 Å². The Bertz CT molecular complexity index is 355. The van der Waals surface area contributed by atoms with Crippen LogP contribution in [0.4, 0.5) is 5.82 Å². The molecule has 0 saturated carbocycles. The number of halogens is 1. The number of carbonyl (C=O) groups excluding carboxylic acids is 1. The molecular weight excluding hydrogens is 260 g/mol. The number of nitrogens with zero attached hydrogens (tertiary/aromatic N) is 1. The van der Waals surface area contributed by atoms with Crippen molar-refractivity contribution < 1.29 is 9.53 Å². The fraction of sp³-hybridized carbons (Fsp3) is 0.400. The topological polar surface area (TPSA) is 51.2 Å². The third-order valence-electron chi connectivity index (χ3n) is 1.75. The van der Waals surface area contributed by atoms with Gasteiger partial charge in [0.15, 0.2) is 0 Å². The second kappa shape index (κ2) is 5.70. The first-order valence-electron chi connectivity index (χ1n) is 4.65. The summed E-state index contributed by atoms with van der Waals surface area (Å²) in [5.41, 5.74) is 0.980. The maximum absolute atomic E-state index is 11.1. The zero-order chi connectivity index (χ0) is 11.3. The van der Waals surface area contributed by atoms with Crippen molar-refractivity contribution in [3.8, 4) is 0 Å². The minimum atomic E-state index is -0.276. The summed E-state index contributed by atoms with van der Waals surface area (Å²) in [6.07, 6.45) is 1.68. The summed E-state index contributed by atoms with van der Waals surface area (Å²) in [5, 5.41) is 2.92. The molecule has 0 amide bonds. The highest BCUT2D eigenvalue weighted by molar-refractivity contribution is 9.10. The molecule has 1 aromatic heterocycles. The quantitative estimate of drug-likeness (QED) is 0.854. The van der Waals surface area contributed by atoms with E-state index in [-0.39, 0.29) is 12.5 Å². The predicted octanol–water partition coefficient (Wildman–Crippen LogP) is 2.13. The van der Waals surface area contributed by atoms with E-state index in [9.17, 15) is 4.79 Å². The zero-order valence-electron chi connectivity index (χ0n) is 8.71. The van der Waals surface area contributed by atoms with Gasteiger partial charge in [-0.2, -0.15) is 0 Å². The molecule has 0 aromatic carbocycles. The van der Waals surface area contributed by atoms with Crippen molar-refractivity contribution >= 4 is 27.7 Å². The van der Waals surface area contributed by atoms with Gasteiger partial charge in [0.2, 0.25) is 0 Å². The maximum Gasteiger partial charge on any atom is 0.325 e. The predicted molar refractivity (Wildman–Crippen MR) is 61.8 cm³/mol. The second-order valence-electron chi connectivity index (χ2n) is 2.98. The normalized spacial score (nSPS) is 9.80. The van der Waals surface area contributed by atoms with Gasteiger partial charge in [-0.1, -0.05) is 0 Å². The molecule has 0 radical (unpaired) electrons. The average Bonchev–Trinajstić information content (AvgIpc) is 2.17. The highest BCUT2D eigenvalue weighted by Crippen LogP contribution is 2.16. The Hall–Kier alpha value is -1.10. The number of hydrogen-bond donors (Lipinski definition) is 1. The first-order chi connectivity index (χ1) is 7.13. The van der Waals surface area contributed by atoms with E-state index >= 15 is 0 Å². The standard InChI is InChI=1S/C10H13BrN2O2/c1-3-15-9(14)6-13-10-7(2)4-8(11)5-12-10/h4-5H,3,6H2,1-2H3,(H,12,13). The molecule has 0 spiro atoms. The number of rotatable bonds is 4. The summed E-state index contributed by atoms with van der Waals surface area (Å²) in [6, 6.07) is 1.93. The molecule has 4 nitrogen and oxygen atoms in total. The molecule has 1 N–H and O–H groups in total. The number of pyridine rings is 1. The largest absolute Gasteiger partial charge is 0.465 e. The van der Waals surface area contributed by atoms with Crippen LogP contribution in [0.25, 0.3) is 0 Å². The van der Waals surface area contributed by atoms with Crippen molar-refractivity contribution in [3.63, 3.8) is 0 Å². The van der Waals surface area contributed by atoms with Crippen LogP contribution in [0.15, 0.2) is 16.7 Å². The monoisotopic (exact) mass is 272 g/mol. The number of nitrogens with one attached hydrogen (secondary N) is 1. The molecule has 0 unspecified atom stereocenters. The molecule has 15 heavy (non-hydrogen) atoms. The molecule has 1 rings (SSSR count). The van der Waals surface area contributed by atoms with E-state index < -0.39 is 0 Å². The Morgan fingerprint density at radius 1 is 1.67 bits per heavy atom. The number of ether oxygens (including phenoxy) is 1. The number of anilines is 1. The third-order valence-corrected chi connectivity index (χ3v) is 2.18. The molecule has 0 aliphatic heterocycles. The van der Waals surface area contributed by atoms with Crippen LogP contribution in [0.1, 0.15) is 12.5 Å². The lowest BCUT2D eigenvalue weighted by atomic mass is 10.3. The zero-order valence-corrected chi connectivity index (χ0v) is 10.3. The van der Waals surface area contributed by atoms with Gasteiger partial charge in [0.1, 0.15) is 12.4 Å². The van der Waals surface area contributed by atoms with Crippen LogP contribution < -0.4 is 5.32 Å². The van der Waals surface area contributed by atoms with E-state index in [1.165, 1.54) is 0 Å². The number of aryl methyl sites for hydroxylation is 1. The van der Waals surface area contributed by atoms with Gasteiger partial charge in [0.05, 0.1) is 6.61 Å². The fourth-order valence-electron chi connectivity index (χ4n) is 1.09. The van der Waals surface area contributed by atoms with Gasteiger partial charge in [-0.15, -0.1) is 0 Å². The first kappa shape index (κ1) is 12.0. The molecule has 0 atom stereocenters. The Kier molecular flexibility index (Phi) is 4.55. The molecule has 0 bridgehead atoms. The molecule has 1 aromatic rings. The second-order valence-corrected chi connectivity index (χ2v) is 3.89. The lowest BCUT2D eigenvalue weighted by Gasteiger charge is -2.07. The molecule has 1 heterocycles. The molecule has 5 heteroatoms. The van der Waals surface area contributed by atoms with E-state index in [4.69, 9.17) is 4.74 Å². The lowest BCUT2D eigenvalue weighted by molar-refractivity contribution is -0.140. The first-order valence-corrected chi connectivity index (χ1v) is 5.44. The summed E-state index contributed by atoms with van der Waals surface area (Å²) in [7, 11) is 0. The van der Waals surface area contributed by atoms with Crippen molar-refractivity contribution in [3.05, 3.63) is 22.3 Å². The minimum absolute atomic E-state index is 0.142. The average molecular weight is 273 g/mol. The van der Waals surface area contributed by atoms with Gasteiger partial charge in [0.25, 0.3) is 0 Å². The van der Waals surface area contributed by atoms with Crippen LogP contribution in [-0.2, 0) is 9.53 Å². The molecule has 82 valence electrons. The van der Waals surface area contributed by atoms with E-state index in [1.807, 2.05) is 13.0 Å². The Morgan fingerprint density at radius 2 is 2.40 bits per heavy atom. The van der Waals surface area contributed by atoms with E-state index in [0.29, 0.717) is 12.4 Å².